The average Bonchev–Trinajstić information content (AvgIpc) is 2.81. The molecule has 1 saturated heterocycles. The van der Waals surface area contributed by atoms with E-state index in [1.165, 1.54) is 0 Å². The van der Waals surface area contributed by atoms with Gasteiger partial charge in [0.15, 0.2) is 9.84 Å². The van der Waals surface area contributed by atoms with Gasteiger partial charge in [-0.3, -0.25) is 4.79 Å². The van der Waals surface area contributed by atoms with Crippen LogP contribution in [0.15, 0.2) is 0 Å². The number of carbonyl (C=O) groups is 1. The number of nitrogens with two attached hydrogens (primary N) is 1. The Bertz CT molecular complexity index is 444. The van der Waals surface area contributed by atoms with Crippen molar-refractivity contribution >= 4 is 15.7 Å². The van der Waals surface area contributed by atoms with Crippen LogP contribution in [-0.2, 0) is 19.4 Å². The van der Waals surface area contributed by atoms with E-state index in [-0.39, 0.29) is 23.3 Å². The highest BCUT2D eigenvalue weighted by atomic mass is 32.2. The SMILES string of the molecule is NC1CCC(OCCCNC(=O)C2CCS(=O)(=O)C2)CC1. The largest absolute Gasteiger partial charge is 0.378 e. The molecule has 6 nitrogen and oxygen atoms in total. The van der Waals surface area contributed by atoms with Gasteiger partial charge < -0.3 is 15.8 Å². The van der Waals surface area contributed by atoms with Crippen molar-refractivity contribution in [3.05, 3.63) is 0 Å². The Morgan fingerprint density at radius 2 is 1.90 bits per heavy atom. The summed E-state index contributed by atoms with van der Waals surface area (Å²) >= 11 is 0. The third-order valence-corrected chi connectivity index (χ3v) is 6.06. The Hall–Kier alpha value is -0.660. The Labute approximate surface area is 126 Å². The predicted molar refractivity (Wildman–Crippen MR) is 80.6 cm³/mol. The van der Waals surface area contributed by atoms with Gasteiger partial charge in [-0.25, -0.2) is 8.42 Å². The fraction of sp³-hybridized carbons (Fsp3) is 0.929. The van der Waals surface area contributed by atoms with Gasteiger partial charge in [-0.15, -0.1) is 0 Å². The molecule has 21 heavy (non-hydrogen) atoms. The lowest BCUT2D eigenvalue weighted by Gasteiger charge is -2.26. The minimum absolute atomic E-state index is 0.00232. The third kappa shape index (κ3) is 5.56. The molecule has 1 aliphatic heterocycles. The summed E-state index contributed by atoms with van der Waals surface area (Å²) in [5.74, 6) is -0.370. The van der Waals surface area contributed by atoms with Crippen molar-refractivity contribution in [2.75, 3.05) is 24.7 Å². The molecule has 0 radical (unpaired) electrons. The molecule has 122 valence electrons. The zero-order valence-electron chi connectivity index (χ0n) is 12.4. The van der Waals surface area contributed by atoms with Crippen molar-refractivity contribution in [2.45, 2.75) is 50.7 Å². The summed E-state index contributed by atoms with van der Waals surface area (Å²) in [6.45, 7) is 1.17. The molecule has 0 bridgehead atoms. The van der Waals surface area contributed by atoms with Crippen molar-refractivity contribution in [2.24, 2.45) is 11.7 Å². The van der Waals surface area contributed by atoms with Crippen molar-refractivity contribution < 1.29 is 17.9 Å². The van der Waals surface area contributed by atoms with E-state index in [9.17, 15) is 13.2 Å². The molecule has 2 aliphatic rings. The van der Waals surface area contributed by atoms with Crippen LogP contribution in [-0.4, -0.2) is 51.1 Å². The summed E-state index contributed by atoms with van der Waals surface area (Å²) in [6, 6.07) is 0.326. The quantitative estimate of drug-likeness (QED) is 0.682. The highest BCUT2D eigenvalue weighted by Crippen LogP contribution is 2.20. The van der Waals surface area contributed by atoms with E-state index in [2.05, 4.69) is 5.32 Å². The van der Waals surface area contributed by atoms with Crippen LogP contribution in [0.1, 0.15) is 38.5 Å². The van der Waals surface area contributed by atoms with Crippen molar-refractivity contribution in [1.29, 1.82) is 0 Å². The van der Waals surface area contributed by atoms with Crippen molar-refractivity contribution in [1.82, 2.24) is 5.32 Å². The summed E-state index contributed by atoms with van der Waals surface area (Å²) in [5.41, 5.74) is 5.84. The van der Waals surface area contributed by atoms with Gasteiger partial charge >= 0.3 is 0 Å². The third-order valence-electron chi connectivity index (χ3n) is 4.30. The molecule has 0 aromatic carbocycles. The van der Waals surface area contributed by atoms with Crippen molar-refractivity contribution in [3.63, 3.8) is 0 Å². The number of ether oxygens (including phenoxy) is 1. The topological polar surface area (TPSA) is 98.5 Å². The number of rotatable bonds is 6. The molecule has 7 heteroatoms. The highest BCUT2D eigenvalue weighted by molar-refractivity contribution is 7.91. The lowest BCUT2D eigenvalue weighted by Crippen LogP contribution is -2.33. The molecule has 1 heterocycles. The first kappa shape index (κ1) is 16.7. The summed E-state index contributed by atoms with van der Waals surface area (Å²) in [4.78, 5) is 11.8. The smallest absolute Gasteiger partial charge is 0.224 e. The molecule has 1 saturated carbocycles. The summed E-state index contributed by atoms with van der Waals surface area (Å²) in [7, 11) is -2.99. The first-order valence-electron chi connectivity index (χ1n) is 7.81. The van der Waals surface area contributed by atoms with Crippen LogP contribution < -0.4 is 11.1 Å². The number of hydrogen-bond acceptors (Lipinski definition) is 5. The predicted octanol–water partition coefficient (Wildman–Crippen LogP) is 0.214. The zero-order chi connectivity index (χ0) is 15.3. The van der Waals surface area contributed by atoms with Crippen molar-refractivity contribution in [3.8, 4) is 0 Å². The first-order valence-corrected chi connectivity index (χ1v) is 9.64. The first-order chi connectivity index (χ1) is 9.96. The van der Waals surface area contributed by atoms with Gasteiger partial charge in [0.25, 0.3) is 0 Å². The van der Waals surface area contributed by atoms with Gasteiger partial charge in [-0.2, -0.15) is 0 Å². The van der Waals surface area contributed by atoms with E-state index in [1.54, 1.807) is 0 Å². The van der Waals surface area contributed by atoms with Crippen LogP contribution in [0.3, 0.4) is 0 Å². The van der Waals surface area contributed by atoms with Crippen LogP contribution in [0.2, 0.25) is 0 Å². The van der Waals surface area contributed by atoms with Crippen LogP contribution in [0.4, 0.5) is 0 Å². The Kier molecular flexibility index (Phi) is 6.01. The van der Waals surface area contributed by atoms with Gasteiger partial charge in [0.2, 0.25) is 5.91 Å². The summed E-state index contributed by atoms with van der Waals surface area (Å²) in [5, 5.41) is 2.80. The van der Waals surface area contributed by atoms with E-state index < -0.39 is 9.84 Å². The maximum absolute atomic E-state index is 11.8. The fourth-order valence-corrected chi connectivity index (χ4v) is 4.68. The summed E-state index contributed by atoms with van der Waals surface area (Å²) < 4.78 is 28.4. The lowest BCUT2D eigenvalue weighted by molar-refractivity contribution is -0.124. The van der Waals surface area contributed by atoms with Crippen LogP contribution in [0.25, 0.3) is 0 Å². The van der Waals surface area contributed by atoms with E-state index in [4.69, 9.17) is 10.5 Å². The molecule has 2 rings (SSSR count). The van der Waals surface area contributed by atoms with Crippen LogP contribution >= 0.6 is 0 Å². The van der Waals surface area contributed by atoms with Crippen LogP contribution in [0, 0.1) is 5.92 Å². The van der Waals surface area contributed by atoms with Gasteiger partial charge in [0.1, 0.15) is 0 Å². The molecular formula is C14H26N2O4S. The van der Waals surface area contributed by atoms with Crippen LogP contribution in [0.5, 0.6) is 0 Å². The zero-order valence-corrected chi connectivity index (χ0v) is 13.2. The van der Waals surface area contributed by atoms with E-state index in [1.807, 2.05) is 0 Å². The molecule has 1 aliphatic carbocycles. The number of sulfone groups is 1. The van der Waals surface area contributed by atoms with E-state index >= 15 is 0 Å². The number of hydrogen-bond donors (Lipinski definition) is 2. The van der Waals surface area contributed by atoms with Gasteiger partial charge in [-0.1, -0.05) is 0 Å². The minimum atomic E-state index is -2.99. The number of carbonyl (C=O) groups excluding carboxylic acids is 1. The normalized spacial score (nSPS) is 32.0. The molecule has 1 unspecified atom stereocenters. The molecule has 0 aromatic rings. The highest BCUT2D eigenvalue weighted by Gasteiger charge is 2.32. The Morgan fingerprint density at radius 1 is 1.19 bits per heavy atom. The molecular weight excluding hydrogens is 292 g/mol. The second-order valence-corrected chi connectivity index (χ2v) is 8.38. The fourth-order valence-electron chi connectivity index (χ4n) is 2.94. The summed E-state index contributed by atoms with van der Waals surface area (Å²) in [6.07, 6.45) is 5.61. The molecule has 0 spiro atoms. The maximum Gasteiger partial charge on any atom is 0.224 e. The molecule has 1 atom stereocenters. The van der Waals surface area contributed by atoms with E-state index in [0.717, 1.165) is 32.1 Å². The Morgan fingerprint density at radius 3 is 2.52 bits per heavy atom. The van der Waals surface area contributed by atoms with Gasteiger partial charge in [-0.05, 0) is 38.5 Å². The monoisotopic (exact) mass is 318 g/mol. The molecule has 1 amide bonds. The average molecular weight is 318 g/mol. The second kappa shape index (κ2) is 7.56. The lowest BCUT2D eigenvalue weighted by atomic mass is 9.94. The molecule has 3 N–H and O–H groups in total. The number of amides is 1. The standard InChI is InChI=1S/C14H26N2O4S/c15-12-2-4-13(5-3-12)20-8-1-7-16-14(17)11-6-9-21(18,19)10-11/h11-13H,1-10,15H2,(H,16,17). The second-order valence-electron chi connectivity index (χ2n) is 6.15. The minimum Gasteiger partial charge on any atom is -0.378 e. The molecule has 2 fully saturated rings. The maximum atomic E-state index is 11.8. The number of nitrogens with one attached hydrogen (secondary N) is 1. The Balaban J connectivity index is 1.53. The van der Waals surface area contributed by atoms with Gasteiger partial charge in [0, 0.05) is 19.2 Å². The molecule has 0 aromatic heterocycles. The van der Waals surface area contributed by atoms with E-state index in [0.29, 0.717) is 31.7 Å². The van der Waals surface area contributed by atoms with Gasteiger partial charge in [0.05, 0.1) is 23.5 Å².